The predicted octanol–water partition coefficient (Wildman–Crippen LogP) is 0.863. The number of aromatic nitrogens is 1. The van der Waals surface area contributed by atoms with Crippen molar-refractivity contribution in [2.75, 3.05) is 38.2 Å². The van der Waals surface area contributed by atoms with Gasteiger partial charge in [0, 0.05) is 44.3 Å². The molecule has 1 amide bonds. The number of morpholine rings is 1. The Hall–Kier alpha value is -1.66. The van der Waals surface area contributed by atoms with Crippen LogP contribution in [0.1, 0.15) is 19.3 Å². The molecule has 2 N–H and O–H groups in total. The molecule has 0 spiro atoms. The summed E-state index contributed by atoms with van der Waals surface area (Å²) < 4.78 is 5.40. The van der Waals surface area contributed by atoms with Gasteiger partial charge in [-0.25, -0.2) is 4.98 Å². The van der Waals surface area contributed by atoms with Crippen LogP contribution in [0.25, 0.3) is 0 Å². The standard InChI is InChI=1S/C16H24N4O2/c21-16(11-14-12-22-10-7-17-14)20-8-4-13(5-9-20)19-15-3-1-2-6-18-15/h1-3,6,13-14,17H,4-5,7-12H2,(H,18,19)/t14-/m0/s1. The zero-order valence-corrected chi connectivity index (χ0v) is 12.8. The topological polar surface area (TPSA) is 66.5 Å². The first-order valence-electron chi connectivity index (χ1n) is 8.08. The van der Waals surface area contributed by atoms with Crippen LogP contribution in [0.4, 0.5) is 5.82 Å². The third kappa shape index (κ3) is 4.18. The van der Waals surface area contributed by atoms with Crippen LogP contribution in [-0.4, -0.2) is 60.7 Å². The molecule has 3 heterocycles. The Kier molecular flexibility index (Phi) is 5.24. The third-order valence-corrected chi connectivity index (χ3v) is 4.28. The van der Waals surface area contributed by atoms with E-state index in [2.05, 4.69) is 15.6 Å². The maximum absolute atomic E-state index is 12.3. The smallest absolute Gasteiger partial charge is 0.224 e. The predicted molar refractivity (Wildman–Crippen MR) is 84.7 cm³/mol. The van der Waals surface area contributed by atoms with Gasteiger partial charge in [0.05, 0.1) is 13.2 Å². The Labute approximate surface area is 131 Å². The Morgan fingerprint density at radius 3 is 2.95 bits per heavy atom. The average Bonchev–Trinajstić information content (AvgIpc) is 2.57. The fourth-order valence-electron chi connectivity index (χ4n) is 3.02. The van der Waals surface area contributed by atoms with Gasteiger partial charge in [-0.15, -0.1) is 0 Å². The molecule has 22 heavy (non-hydrogen) atoms. The first-order valence-corrected chi connectivity index (χ1v) is 8.08. The van der Waals surface area contributed by atoms with Crippen molar-refractivity contribution in [1.82, 2.24) is 15.2 Å². The lowest BCUT2D eigenvalue weighted by atomic mass is 10.0. The lowest BCUT2D eigenvalue weighted by molar-refractivity contribution is -0.133. The number of nitrogens with zero attached hydrogens (tertiary/aromatic N) is 2. The van der Waals surface area contributed by atoms with Crippen molar-refractivity contribution in [3.63, 3.8) is 0 Å². The number of pyridine rings is 1. The summed E-state index contributed by atoms with van der Waals surface area (Å²) in [6.07, 6.45) is 4.27. The van der Waals surface area contributed by atoms with Crippen LogP contribution >= 0.6 is 0 Å². The highest BCUT2D eigenvalue weighted by Gasteiger charge is 2.25. The number of rotatable bonds is 4. The van der Waals surface area contributed by atoms with E-state index in [1.54, 1.807) is 6.20 Å². The van der Waals surface area contributed by atoms with Crippen molar-refractivity contribution in [2.45, 2.75) is 31.3 Å². The highest BCUT2D eigenvalue weighted by molar-refractivity contribution is 5.77. The molecule has 1 aromatic rings. The summed E-state index contributed by atoms with van der Waals surface area (Å²) in [5.41, 5.74) is 0. The first kappa shape index (κ1) is 15.2. The molecule has 0 radical (unpaired) electrons. The molecule has 1 atom stereocenters. The van der Waals surface area contributed by atoms with Gasteiger partial charge in [0.25, 0.3) is 0 Å². The molecule has 0 aliphatic carbocycles. The minimum absolute atomic E-state index is 0.172. The number of hydrogen-bond acceptors (Lipinski definition) is 5. The van der Waals surface area contributed by atoms with Crippen LogP contribution in [0.5, 0.6) is 0 Å². The molecule has 2 fully saturated rings. The minimum atomic E-state index is 0.172. The highest BCUT2D eigenvalue weighted by atomic mass is 16.5. The van der Waals surface area contributed by atoms with E-state index < -0.39 is 0 Å². The summed E-state index contributed by atoms with van der Waals surface area (Å²) in [6, 6.07) is 6.44. The molecule has 6 heteroatoms. The molecular formula is C16H24N4O2. The van der Waals surface area contributed by atoms with Gasteiger partial charge in [0.2, 0.25) is 5.91 Å². The first-order chi connectivity index (χ1) is 10.8. The molecule has 120 valence electrons. The number of piperidine rings is 1. The average molecular weight is 304 g/mol. The Morgan fingerprint density at radius 1 is 1.41 bits per heavy atom. The molecule has 0 bridgehead atoms. The van der Waals surface area contributed by atoms with E-state index in [9.17, 15) is 4.79 Å². The zero-order valence-electron chi connectivity index (χ0n) is 12.8. The van der Waals surface area contributed by atoms with Gasteiger partial charge >= 0.3 is 0 Å². The van der Waals surface area contributed by atoms with Gasteiger partial charge in [-0.05, 0) is 25.0 Å². The number of likely N-dealkylation sites (tertiary alicyclic amines) is 1. The van der Waals surface area contributed by atoms with Gasteiger partial charge in [-0.1, -0.05) is 6.07 Å². The van der Waals surface area contributed by atoms with Crippen molar-refractivity contribution < 1.29 is 9.53 Å². The number of hydrogen-bond donors (Lipinski definition) is 2. The number of carbonyl (C=O) groups is 1. The summed E-state index contributed by atoms with van der Waals surface area (Å²) in [5.74, 6) is 1.15. The van der Waals surface area contributed by atoms with Crippen molar-refractivity contribution in [2.24, 2.45) is 0 Å². The van der Waals surface area contributed by atoms with E-state index in [1.165, 1.54) is 0 Å². The number of ether oxygens (including phenoxy) is 1. The van der Waals surface area contributed by atoms with Crippen LogP contribution in [-0.2, 0) is 9.53 Å². The van der Waals surface area contributed by atoms with E-state index in [4.69, 9.17) is 4.74 Å². The van der Waals surface area contributed by atoms with Crippen molar-refractivity contribution in [1.29, 1.82) is 0 Å². The van der Waals surface area contributed by atoms with Gasteiger partial charge in [0.15, 0.2) is 0 Å². The minimum Gasteiger partial charge on any atom is -0.378 e. The van der Waals surface area contributed by atoms with Gasteiger partial charge in [-0.3, -0.25) is 4.79 Å². The van der Waals surface area contributed by atoms with E-state index >= 15 is 0 Å². The molecule has 0 saturated carbocycles. The lowest BCUT2D eigenvalue weighted by Gasteiger charge is -2.34. The van der Waals surface area contributed by atoms with E-state index in [1.807, 2.05) is 23.1 Å². The highest BCUT2D eigenvalue weighted by Crippen LogP contribution is 2.16. The van der Waals surface area contributed by atoms with Crippen molar-refractivity contribution in [3.05, 3.63) is 24.4 Å². The summed E-state index contributed by atoms with van der Waals surface area (Å²) in [5, 5.41) is 6.78. The molecule has 2 aliphatic heterocycles. The summed E-state index contributed by atoms with van der Waals surface area (Å²) in [6.45, 7) is 3.86. The normalized spacial score (nSPS) is 23.3. The zero-order chi connectivity index (χ0) is 15.2. The van der Waals surface area contributed by atoms with Crippen LogP contribution in [0.15, 0.2) is 24.4 Å². The Morgan fingerprint density at radius 2 is 2.27 bits per heavy atom. The van der Waals surface area contributed by atoms with E-state index in [-0.39, 0.29) is 11.9 Å². The quantitative estimate of drug-likeness (QED) is 0.864. The molecule has 0 aromatic carbocycles. The molecule has 6 nitrogen and oxygen atoms in total. The lowest BCUT2D eigenvalue weighted by Crippen LogP contribution is -2.47. The summed E-state index contributed by atoms with van der Waals surface area (Å²) in [7, 11) is 0. The molecule has 1 aromatic heterocycles. The number of carbonyl (C=O) groups excluding carboxylic acids is 1. The monoisotopic (exact) mass is 304 g/mol. The molecule has 0 unspecified atom stereocenters. The van der Waals surface area contributed by atoms with Crippen LogP contribution in [0.2, 0.25) is 0 Å². The van der Waals surface area contributed by atoms with E-state index in [0.717, 1.165) is 44.9 Å². The van der Waals surface area contributed by atoms with Gasteiger partial charge in [-0.2, -0.15) is 0 Å². The second-order valence-electron chi connectivity index (χ2n) is 5.94. The summed E-state index contributed by atoms with van der Waals surface area (Å²) in [4.78, 5) is 18.6. The second kappa shape index (κ2) is 7.56. The fraction of sp³-hybridized carbons (Fsp3) is 0.625. The summed E-state index contributed by atoms with van der Waals surface area (Å²) >= 11 is 0. The van der Waals surface area contributed by atoms with Crippen molar-refractivity contribution in [3.8, 4) is 0 Å². The maximum atomic E-state index is 12.3. The molecule has 2 aliphatic rings. The van der Waals surface area contributed by atoms with Crippen LogP contribution in [0.3, 0.4) is 0 Å². The van der Waals surface area contributed by atoms with Crippen molar-refractivity contribution >= 4 is 11.7 Å². The van der Waals surface area contributed by atoms with E-state index in [0.29, 0.717) is 19.1 Å². The number of nitrogens with one attached hydrogen (secondary N) is 2. The second-order valence-corrected chi connectivity index (χ2v) is 5.94. The van der Waals surface area contributed by atoms with Crippen LogP contribution in [0, 0.1) is 0 Å². The van der Waals surface area contributed by atoms with Crippen LogP contribution < -0.4 is 10.6 Å². The number of amides is 1. The Balaban J connectivity index is 1.42. The van der Waals surface area contributed by atoms with Gasteiger partial charge < -0.3 is 20.3 Å². The fourth-order valence-corrected chi connectivity index (χ4v) is 3.02. The number of anilines is 1. The van der Waals surface area contributed by atoms with Gasteiger partial charge in [0.1, 0.15) is 5.82 Å². The molecule has 2 saturated heterocycles. The molecular weight excluding hydrogens is 280 g/mol. The third-order valence-electron chi connectivity index (χ3n) is 4.28. The Bertz CT molecular complexity index is 468. The maximum Gasteiger partial charge on any atom is 0.224 e. The molecule has 3 rings (SSSR count). The largest absolute Gasteiger partial charge is 0.378 e. The SMILES string of the molecule is O=C(C[C@H]1COCCN1)N1CCC(Nc2ccccn2)CC1.